The minimum Gasteiger partial charge on any atom is -0.282 e. The van der Waals surface area contributed by atoms with Crippen molar-refractivity contribution in [3.8, 4) is 11.3 Å². The maximum atomic E-state index is 11.7. The first-order valence-electron chi connectivity index (χ1n) is 7.66. The Bertz CT molecular complexity index is 788. The van der Waals surface area contributed by atoms with Gasteiger partial charge in [-0.05, 0) is 26.7 Å². The number of piperidine rings is 1. The molecule has 124 valence electrons. The average Bonchev–Trinajstić information content (AvgIpc) is 2.85. The molecule has 0 radical (unpaired) electrons. The molecule has 0 aliphatic carbocycles. The van der Waals surface area contributed by atoms with E-state index >= 15 is 0 Å². The van der Waals surface area contributed by atoms with Gasteiger partial charge < -0.3 is 0 Å². The highest BCUT2D eigenvalue weighted by Gasteiger charge is 2.29. The number of aromatic amines is 1. The minimum absolute atomic E-state index is 0.213. The number of sulfonamides is 1. The van der Waals surface area contributed by atoms with Gasteiger partial charge in [0.05, 0.1) is 23.3 Å². The van der Waals surface area contributed by atoms with Gasteiger partial charge in [-0.25, -0.2) is 12.7 Å². The van der Waals surface area contributed by atoms with Crippen LogP contribution >= 0.6 is 0 Å². The predicted molar refractivity (Wildman–Crippen MR) is 87.5 cm³/mol. The van der Waals surface area contributed by atoms with Crippen LogP contribution in [0.4, 0.5) is 0 Å². The number of nitrogens with one attached hydrogen (secondary N) is 1. The Morgan fingerprint density at radius 2 is 1.83 bits per heavy atom. The maximum Gasteiger partial charge on any atom is 0.211 e. The van der Waals surface area contributed by atoms with Crippen LogP contribution in [0.15, 0.2) is 12.4 Å². The second-order valence-electron chi connectivity index (χ2n) is 6.04. The molecular formula is C15H21N5O2S. The molecular weight excluding hydrogens is 314 g/mol. The number of hydrogen-bond acceptors (Lipinski definition) is 5. The number of hydrogen-bond donors (Lipinski definition) is 1. The Hall–Kier alpha value is -1.80. The second-order valence-corrected chi connectivity index (χ2v) is 8.02. The molecule has 1 N–H and O–H groups in total. The molecule has 0 amide bonds. The van der Waals surface area contributed by atoms with E-state index in [1.807, 2.05) is 13.8 Å². The molecule has 0 bridgehead atoms. The molecule has 0 aromatic carbocycles. The Kier molecular flexibility index (Phi) is 4.20. The molecule has 2 aromatic heterocycles. The minimum atomic E-state index is -3.12. The number of nitrogens with zero attached hydrogens (tertiary/aromatic N) is 4. The van der Waals surface area contributed by atoms with Gasteiger partial charge in [-0.1, -0.05) is 0 Å². The van der Waals surface area contributed by atoms with Crippen LogP contribution < -0.4 is 0 Å². The summed E-state index contributed by atoms with van der Waals surface area (Å²) in [6.45, 7) is 4.98. The van der Waals surface area contributed by atoms with Crippen LogP contribution in [0.3, 0.4) is 0 Å². The Labute approximate surface area is 136 Å². The van der Waals surface area contributed by atoms with Crippen molar-refractivity contribution in [1.29, 1.82) is 0 Å². The summed E-state index contributed by atoms with van der Waals surface area (Å²) in [6.07, 6.45) is 6.17. The molecule has 2 aromatic rings. The number of H-pyrrole nitrogens is 1. The SMILES string of the molecule is Cc1n[nH]c(C)c1-c1nccnc1C1CCN(S(C)(=O)=O)CC1. The van der Waals surface area contributed by atoms with Crippen molar-refractivity contribution in [2.75, 3.05) is 19.3 Å². The van der Waals surface area contributed by atoms with Crippen molar-refractivity contribution >= 4 is 10.0 Å². The number of aryl methyl sites for hydroxylation is 2. The van der Waals surface area contributed by atoms with E-state index in [2.05, 4.69) is 20.2 Å². The number of rotatable bonds is 3. The lowest BCUT2D eigenvalue weighted by Crippen LogP contribution is -2.37. The van der Waals surface area contributed by atoms with Crippen molar-refractivity contribution in [2.45, 2.75) is 32.6 Å². The smallest absolute Gasteiger partial charge is 0.211 e. The van der Waals surface area contributed by atoms with Gasteiger partial charge in [0, 0.05) is 42.7 Å². The maximum absolute atomic E-state index is 11.7. The molecule has 3 heterocycles. The lowest BCUT2D eigenvalue weighted by Gasteiger charge is -2.30. The second kappa shape index (κ2) is 6.01. The molecule has 0 atom stereocenters. The third-order valence-electron chi connectivity index (χ3n) is 4.40. The molecule has 23 heavy (non-hydrogen) atoms. The van der Waals surface area contributed by atoms with E-state index in [1.54, 1.807) is 12.4 Å². The largest absolute Gasteiger partial charge is 0.282 e. The Morgan fingerprint density at radius 3 is 2.39 bits per heavy atom. The quantitative estimate of drug-likeness (QED) is 0.920. The summed E-state index contributed by atoms with van der Waals surface area (Å²) in [4.78, 5) is 9.09. The van der Waals surface area contributed by atoms with Crippen molar-refractivity contribution in [1.82, 2.24) is 24.5 Å². The zero-order chi connectivity index (χ0) is 16.6. The summed E-state index contributed by atoms with van der Waals surface area (Å²) in [7, 11) is -3.12. The lowest BCUT2D eigenvalue weighted by atomic mass is 9.91. The fourth-order valence-electron chi connectivity index (χ4n) is 3.20. The zero-order valence-electron chi connectivity index (χ0n) is 13.6. The molecule has 0 unspecified atom stereocenters. The molecule has 0 spiro atoms. The van der Waals surface area contributed by atoms with Gasteiger partial charge in [0.1, 0.15) is 0 Å². The van der Waals surface area contributed by atoms with E-state index in [4.69, 9.17) is 0 Å². The highest BCUT2D eigenvalue weighted by molar-refractivity contribution is 7.88. The molecule has 1 fully saturated rings. The van der Waals surface area contributed by atoms with E-state index < -0.39 is 10.0 Å². The van der Waals surface area contributed by atoms with Gasteiger partial charge in [0.2, 0.25) is 10.0 Å². The van der Waals surface area contributed by atoms with Crippen molar-refractivity contribution < 1.29 is 8.42 Å². The van der Waals surface area contributed by atoms with Gasteiger partial charge in [-0.3, -0.25) is 15.1 Å². The van der Waals surface area contributed by atoms with Crippen LogP contribution in [0, 0.1) is 13.8 Å². The lowest BCUT2D eigenvalue weighted by molar-refractivity contribution is 0.318. The van der Waals surface area contributed by atoms with Gasteiger partial charge in [0.15, 0.2) is 0 Å². The van der Waals surface area contributed by atoms with E-state index in [1.165, 1.54) is 10.6 Å². The molecule has 0 saturated carbocycles. The Morgan fingerprint density at radius 1 is 1.17 bits per heavy atom. The summed E-state index contributed by atoms with van der Waals surface area (Å²) in [6, 6.07) is 0. The first-order chi connectivity index (χ1) is 10.9. The highest BCUT2D eigenvalue weighted by Crippen LogP contribution is 2.34. The van der Waals surface area contributed by atoms with Crippen LogP contribution in [0.1, 0.15) is 35.8 Å². The molecule has 1 aliphatic heterocycles. The molecule has 1 aliphatic rings. The fourth-order valence-corrected chi connectivity index (χ4v) is 4.07. The highest BCUT2D eigenvalue weighted by atomic mass is 32.2. The fraction of sp³-hybridized carbons (Fsp3) is 0.533. The van der Waals surface area contributed by atoms with E-state index in [-0.39, 0.29) is 5.92 Å². The molecule has 7 nitrogen and oxygen atoms in total. The van der Waals surface area contributed by atoms with E-state index in [0.717, 1.165) is 41.2 Å². The normalized spacial score (nSPS) is 17.5. The molecule has 1 saturated heterocycles. The number of aromatic nitrogens is 4. The van der Waals surface area contributed by atoms with E-state index in [9.17, 15) is 8.42 Å². The first kappa shape index (κ1) is 16.1. The van der Waals surface area contributed by atoms with Crippen LogP contribution in [-0.2, 0) is 10.0 Å². The Balaban J connectivity index is 1.91. The topological polar surface area (TPSA) is 91.8 Å². The van der Waals surface area contributed by atoms with Gasteiger partial charge in [-0.15, -0.1) is 0 Å². The first-order valence-corrected chi connectivity index (χ1v) is 9.50. The average molecular weight is 335 g/mol. The molecule has 3 rings (SSSR count). The van der Waals surface area contributed by atoms with Crippen molar-refractivity contribution in [3.05, 3.63) is 29.5 Å². The van der Waals surface area contributed by atoms with E-state index in [0.29, 0.717) is 13.1 Å². The third-order valence-corrected chi connectivity index (χ3v) is 5.70. The van der Waals surface area contributed by atoms with Crippen LogP contribution in [0.5, 0.6) is 0 Å². The van der Waals surface area contributed by atoms with Crippen LogP contribution in [0.2, 0.25) is 0 Å². The zero-order valence-corrected chi connectivity index (χ0v) is 14.4. The summed E-state index contributed by atoms with van der Waals surface area (Å²) in [5, 5.41) is 7.23. The molecule has 8 heteroatoms. The monoisotopic (exact) mass is 335 g/mol. The third kappa shape index (κ3) is 3.13. The van der Waals surface area contributed by atoms with Crippen molar-refractivity contribution in [3.63, 3.8) is 0 Å². The standard InChI is InChI=1S/C15H21N5O2S/c1-10-13(11(2)19-18-10)15-14(16-6-7-17-15)12-4-8-20(9-5-12)23(3,21)22/h6-7,12H,4-5,8-9H2,1-3H3,(H,18,19). The predicted octanol–water partition coefficient (Wildman–Crippen LogP) is 1.62. The van der Waals surface area contributed by atoms with Gasteiger partial charge in [0.25, 0.3) is 0 Å². The van der Waals surface area contributed by atoms with Crippen molar-refractivity contribution in [2.24, 2.45) is 0 Å². The van der Waals surface area contributed by atoms with Crippen LogP contribution in [-0.4, -0.2) is 52.2 Å². The van der Waals surface area contributed by atoms with Gasteiger partial charge in [-0.2, -0.15) is 5.10 Å². The summed E-state index contributed by atoms with van der Waals surface area (Å²) in [5.74, 6) is 0.213. The summed E-state index contributed by atoms with van der Waals surface area (Å²) >= 11 is 0. The van der Waals surface area contributed by atoms with Crippen LogP contribution in [0.25, 0.3) is 11.3 Å². The summed E-state index contributed by atoms with van der Waals surface area (Å²) < 4.78 is 24.9. The summed E-state index contributed by atoms with van der Waals surface area (Å²) in [5.41, 5.74) is 4.66. The van der Waals surface area contributed by atoms with Gasteiger partial charge >= 0.3 is 0 Å².